The number of rotatable bonds is 3. The van der Waals surface area contributed by atoms with Crippen molar-refractivity contribution in [1.29, 1.82) is 0 Å². The van der Waals surface area contributed by atoms with Crippen LogP contribution in [-0.4, -0.2) is 24.5 Å². The van der Waals surface area contributed by atoms with Crippen molar-refractivity contribution in [3.05, 3.63) is 57.8 Å². The van der Waals surface area contributed by atoms with Gasteiger partial charge in [0.15, 0.2) is 0 Å². The Labute approximate surface area is 136 Å². The zero-order valence-corrected chi connectivity index (χ0v) is 13.7. The van der Waals surface area contributed by atoms with Crippen LogP contribution >= 0.6 is 11.3 Å². The fraction of sp³-hybridized carbons (Fsp3) is 0.389. The van der Waals surface area contributed by atoms with Crippen molar-refractivity contribution in [1.82, 2.24) is 5.32 Å². The molecule has 2 N–H and O–H groups in total. The van der Waals surface area contributed by atoms with Gasteiger partial charge in [-0.05, 0) is 49.9 Å². The molecule has 1 fully saturated rings. The van der Waals surface area contributed by atoms with Crippen LogP contribution in [0, 0.1) is 6.92 Å². The van der Waals surface area contributed by atoms with Crippen molar-refractivity contribution < 1.29 is 9.90 Å². The van der Waals surface area contributed by atoms with Crippen molar-refractivity contribution in [2.75, 3.05) is 13.1 Å². The van der Waals surface area contributed by atoms with E-state index in [9.17, 15) is 9.90 Å². The molecule has 2 aromatic rings. The SMILES string of the molecule is Cc1ccccc1.O=CCc1sccc1C1(O)CCNCC1. The Hall–Kier alpha value is -1.49. The van der Waals surface area contributed by atoms with Crippen LogP contribution in [0.1, 0.15) is 28.8 Å². The van der Waals surface area contributed by atoms with E-state index >= 15 is 0 Å². The number of aryl methyl sites for hydroxylation is 1. The minimum atomic E-state index is -0.719. The number of thiophene rings is 1. The van der Waals surface area contributed by atoms with Crippen LogP contribution in [0.5, 0.6) is 0 Å². The van der Waals surface area contributed by atoms with Gasteiger partial charge in [-0.1, -0.05) is 35.9 Å². The van der Waals surface area contributed by atoms with Crippen molar-refractivity contribution in [3.63, 3.8) is 0 Å². The van der Waals surface area contributed by atoms with Gasteiger partial charge in [0.1, 0.15) is 6.29 Å². The molecule has 1 aromatic heterocycles. The van der Waals surface area contributed by atoms with E-state index in [0.717, 1.165) is 42.7 Å². The maximum atomic E-state index is 10.5. The highest BCUT2D eigenvalue weighted by Crippen LogP contribution is 2.35. The lowest BCUT2D eigenvalue weighted by Gasteiger charge is -2.33. The maximum Gasteiger partial charge on any atom is 0.125 e. The van der Waals surface area contributed by atoms with Crippen LogP contribution in [0.4, 0.5) is 0 Å². The third-order valence-electron chi connectivity index (χ3n) is 3.89. The molecule has 0 amide bonds. The first-order valence-electron chi connectivity index (χ1n) is 7.61. The number of carbonyl (C=O) groups excluding carboxylic acids is 1. The summed E-state index contributed by atoms with van der Waals surface area (Å²) in [5.74, 6) is 0. The summed E-state index contributed by atoms with van der Waals surface area (Å²) in [7, 11) is 0. The predicted molar refractivity (Wildman–Crippen MR) is 91.3 cm³/mol. The van der Waals surface area contributed by atoms with Crippen LogP contribution in [0.25, 0.3) is 0 Å². The summed E-state index contributed by atoms with van der Waals surface area (Å²) < 4.78 is 0. The molecule has 0 aliphatic carbocycles. The molecule has 1 saturated heterocycles. The molecule has 0 bridgehead atoms. The monoisotopic (exact) mass is 317 g/mol. The first-order valence-corrected chi connectivity index (χ1v) is 8.49. The first kappa shape index (κ1) is 16.9. The van der Waals surface area contributed by atoms with E-state index in [4.69, 9.17) is 0 Å². The van der Waals surface area contributed by atoms with E-state index in [-0.39, 0.29) is 0 Å². The molecule has 118 valence electrons. The van der Waals surface area contributed by atoms with Crippen molar-refractivity contribution in [2.45, 2.75) is 31.8 Å². The average Bonchev–Trinajstić information content (AvgIpc) is 2.99. The molecule has 1 aromatic carbocycles. The predicted octanol–water partition coefficient (Wildman–Crippen LogP) is 3.06. The Morgan fingerprint density at radius 2 is 1.91 bits per heavy atom. The lowest BCUT2D eigenvalue weighted by Crippen LogP contribution is -2.39. The van der Waals surface area contributed by atoms with Gasteiger partial charge in [-0.25, -0.2) is 0 Å². The van der Waals surface area contributed by atoms with E-state index in [0.29, 0.717) is 6.42 Å². The zero-order valence-electron chi connectivity index (χ0n) is 12.9. The van der Waals surface area contributed by atoms with Gasteiger partial charge in [0.2, 0.25) is 0 Å². The molecule has 0 atom stereocenters. The largest absolute Gasteiger partial charge is 0.385 e. The van der Waals surface area contributed by atoms with Crippen molar-refractivity contribution in [2.24, 2.45) is 0 Å². The zero-order chi connectivity index (χ0) is 15.8. The molecule has 1 aliphatic heterocycles. The van der Waals surface area contributed by atoms with Gasteiger partial charge in [0.05, 0.1) is 5.60 Å². The number of piperidine rings is 1. The smallest absolute Gasteiger partial charge is 0.125 e. The second kappa shape index (κ2) is 8.22. The number of hydrogen-bond donors (Lipinski definition) is 2. The summed E-state index contributed by atoms with van der Waals surface area (Å²) in [6.07, 6.45) is 2.79. The Morgan fingerprint density at radius 3 is 2.45 bits per heavy atom. The van der Waals surface area contributed by atoms with Crippen LogP contribution in [0.15, 0.2) is 41.8 Å². The van der Waals surface area contributed by atoms with Gasteiger partial charge in [-0.2, -0.15) is 0 Å². The quantitative estimate of drug-likeness (QED) is 0.856. The van der Waals surface area contributed by atoms with E-state index < -0.39 is 5.60 Å². The van der Waals surface area contributed by atoms with Crippen LogP contribution < -0.4 is 5.32 Å². The highest BCUT2D eigenvalue weighted by molar-refractivity contribution is 7.10. The van der Waals surface area contributed by atoms with E-state index in [1.165, 1.54) is 5.56 Å². The third kappa shape index (κ3) is 4.50. The molecule has 0 unspecified atom stereocenters. The number of aldehydes is 1. The van der Waals surface area contributed by atoms with Gasteiger partial charge in [0, 0.05) is 11.3 Å². The van der Waals surface area contributed by atoms with E-state index in [1.54, 1.807) is 11.3 Å². The molecule has 22 heavy (non-hydrogen) atoms. The van der Waals surface area contributed by atoms with Gasteiger partial charge in [0.25, 0.3) is 0 Å². The number of aliphatic hydroxyl groups is 1. The molecule has 1 aliphatic rings. The van der Waals surface area contributed by atoms with Gasteiger partial charge in [-0.15, -0.1) is 11.3 Å². The molecule has 2 heterocycles. The summed E-state index contributed by atoms with van der Waals surface area (Å²) in [4.78, 5) is 11.5. The van der Waals surface area contributed by atoms with E-state index in [2.05, 4.69) is 24.4 Å². The molecular weight excluding hydrogens is 294 g/mol. The summed E-state index contributed by atoms with van der Waals surface area (Å²) in [5.41, 5.74) is 1.56. The molecular formula is C18H23NO2S. The normalized spacial score (nSPS) is 16.5. The number of hydrogen-bond acceptors (Lipinski definition) is 4. The summed E-state index contributed by atoms with van der Waals surface area (Å²) in [5, 5.41) is 15.7. The Balaban J connectivity index is 0.000000211. The highest BCUT2D eigenvalue weighted by atomic mass is 32.1. The molecule has 0 radical (unpaired) electrons. The molecule has 0 spiro atoms. The van der Waals surface area contributed by atoms with E-state index in [1.807, 2.05) is 29.6 Å². The molecule has 4 heteroatoms. The number of carbonyl (C=O) groups is 1. The minimum Gasteiger partial charge on any atom is -0.385 e. The van der Waals surface area contributed by atoms with Gasteiger partial charge in [-0.3, -0.25) is 0 Å². The standard InChI is InChI=1S/C11H15NO2S.C7H8/c13-7-1-10-9(2-8-15-10)11(14)3-5-12-6-4-11;1-7-5-3-2-4-6-7/h2,7-8,12,14H,1,3-6H2;2-6H,1H3. The summed E-state index contributed by atoms with van der Waals surface area (Å²) in [6, 6.07) is 12.2. The first-order chi connectivity index (χ1) is 10.7. The lowest BCUT2D eigenvalue weighted by molar-refractivity contribution is -0.107. The topological polar surface area (TPSA) is 49.3 Å². The summed E-state index contributed by atoms with van der Waals surface area (Å²) >= 11 is 1.55. The van der Waals surface area contributed by atoms with Gasteiger partial charge >= 0.3 is 0 Å². The number of benzene rings is 1. The average molecular weight is 317 g/mol. The molecule has 3 rings (SSSR count). The Kier molecular flexibility index (Phi) is 6.31. The fourth-order valence-corrected chi connectivity index (χ4v) is 3.55. The van der Waals surface area contributed by atoms with Gasteiger partial charge < -0.3 is 15.2 Å². The number of nitrogens with one attached hydrogen (secondary N) is 1. The highest BCUT2D eigenvalue weighted by Gasteiger charge is 2.33. The second-order valence-corrected chi connectivity index (χ2v) is 6.57. The van der Waals surface area contributed by atoms with Crippen LogP contribution in [-0.2, 0) is 16.8 Å². The van der Waals surface area contributed by atoms with Crippen LogP contribution in [0.2, 0.25) is 0 Å². The second-order valence-electron chi connectivity index (χ2n) is 5.56. The lowest BCUT2D eigenvalue weighted by atomic mass is 9.85. The summed E-state index contributed by atoms with van der Waals surface area (Å²) in [6.45, 7) is 3.76. The maximum absolute atomic E-state index is 10.5. The third-order valence-corrected chi connectivity index (χ3v) is 4.83. The molecule has 0 saturated carbocycles. The van der Waals surface area contributed by atoms with Crippen molar-refractivity contribution >= 4 is 17.6 Å². The molecule has 3 nitrogen and oxygen atoms in total. The van der Waals surface area contributed by atoms with Crippen LogP contribution in [0.3, 0.4) is 0 Å². The Bertz CT molecular complexity index is 574. The van der Waals surface area contributed by atoms with Crippen molar-refractivity contribution in [3.8, 4) is 0 Å². The fourth-order valence-electron chi connectivity index (χ4n) is 2.63. The Morgan fingerprint density at radius 1 is 1.23 bits per heavy atom. The minimum absolute atomic E-state index is 0.419.